The predicted octanol–water partition coefficient (Wildman–Crippen LogP) is 5.73. The van der Waals surface area contributed by atoms with Crippen LogP contribution in [0.25, 0.3) is 22.4 Å². The van der Waals surface area contributed by atoms with Crippen molar-refractivity contribution >= 4 is 23.4 Å². The minimum Gasteiger partial charge on any atom is -0.481 e. The third kappa shape index (κ3) is 7.20. The maximum Gasteiger partial charge on any atom is 0.437 e. The maximum atomic E-state index is 14.3. The fourth-order valence-electron chi connectivity index (χ4n) is 6.36. The second-order valence-corrected chi connectivity index (χ2v) is 12.7. The van der Waals surface area contributed by atoms with Gasteiger partial charge < -0.3 is 25.0 Å². The number of aliphatic hydroxyl groups is 1. The SMILES string of the molecule is COc1nc(-c2cccc(-c3cccc4c3CC[C@@H]4Nc3nc(OC)c(CN[C@@H](C)C(=O)O)nc3C(F)(F)F)c2Cl)ccc1CN1CC(O)C1. The number of halogens is 4. The lowest BCUT2D eigenvalue weighted by Crippen LogP contribution is -2.49. The number of hydrogen-bond acceptors (Lipinski definition) is 10. The Kier molecular flexibility index (Phi) is 10.2. The van der Waals surface area contributed by atoms with E-state index in [2.05, 4.69) is 25.5 Å². The lowest BCUT2D eigenvalue weighted by molar-refractivity contribution is -0.141. The topological polar surface area (TPSA) is 142 Å². The van der Waals surface area contributed by atoms with Crippen molar-refractivity contribution in [1.29, 1.82) is 0 Å². The summed E-state index contributed by atoms with van der Waals surface area (Å²) in [7, 11) is 2.82. The van der Waals surface area contributed by atoms with Gasteiger partial charge in [-0.05, 0) is 42.5 Å². The van der Waals surface area contributed by atoms with E-state index in [0.717, 1.165) is 27.8 Å². The molecule has 0 bridgehead atoms. The molecule has 1 aliphatic heterocycles. The van der Waals surface area contributed by atoms with E-state index in [1.54, 1.807) is 7.11 Å². The Morgan fingerprint density at radius 1 is 1.02 bits per heavy atom. The fourth-order valence-corrected chi connectivity index (χ4v) is 6.68. The molecule has 6 rings (SSSR count). The van der Waals surface area contributed by atoms with Gasteiger partial charge in [0.05, 0.1) is 37.1 Å². The zero-order valence-electron chi connectivity index (χ0n) is 27.5. The molecule has 264 valence electrons. The fraction of sp³-hybridized carbons (Fsp3) is 0.371. The highest BCUT2D eigenvalue weighted by atomic mass is 35.5. The number of carboxylic acids is 1. The van der Waals surface area contributed by atoms with Crippen molar-refractivity contribution in [2.24, 2.45) is 0 Å². The first-order chi connectivity index (χ1) is 23.9. The van der Waals surface area contributed by atoms with Gasteiger partial charge in [-0.2, -0.15) is 18.2 Å². The van der Waals surface area contributed by atoms with Gasteiger partial charge in [0.1, 0.15) is 11.7 Å². The summed E-state index contributed by atoms with van der Waals surface area (Å²) in [5, 5.41) is 24.9. The number of pyridine rings is 1. The Morgan fingerprint density at radius 2 is 1.72 bits per heavy atom. The van der Waals surface area contributed by atoms with Crippen molar-refractivity contribution in [3.8, 4) is 34.1 Å². The van der Waals surface area contributed by atoms with Crippen molar-refractivity contribution < 1.29 is 37.7 Å². The molecule has 4 N–H and O–H groups in total. The van der Waals surface area contributed by atoms with E-state index in [1.165, 1.54) is 14.0 Å². The van der Waals surface area contributed by atoms with Crippen LogP contribution in [0.5, 0.6) is 11.8 Å². The van der Waals surface area contributed by atoms with Crippen LogP contribution in [0.4, 0.5) is 19.0 Å². The number of carbonyl (C=O) groups is 1. The molecular weight excluding hydrogens is 677 g/mol. The van der Waals surface area contributed by atoms with Gasteiger partial charge in [0, 0.05) is 42.9 Å². The van der Waals surface area contributed by atoms with Crippen LogP contribution in [0.15, 0.2) is 48.5 Å². The normalized spacial score (nSPS) is 16.8. The van der Waals surface area contributed by atoms with Gasteiger partial charge in [-0.3, -0.25) is 15.0 Å². The van der Waals surface area contributed by atoms with E-state index in [4.69, 9.17) is 31.2 Å². The number of rotatable bonds is 12. The molecular formula is C35H36ClF3N6O5. The summed E-state index contributed by atoms with van der Waals surface area (Å²) in [6.45, 7) is 2.87. The zero-order valence-corrected chi connectivity index (χ0v) is 28.3. The predicted molar refractivity (Wildman–Crippen MR) is 180 cm³/mol. The molecule has 11 nitrogen and oxygen atoms in total. The largest absolute Gasteiger partial charge is 0.481 e. The van der Waals surface area contributed by atoms with Crippen molar-refractivity contribution in [2.45, 2.75) is 57.2 Å². The number of anilines is 1. The molecule has 4 aromatic rings. The molecule has 0 unspecified atom stereocenters. The van der Waals surface area contributed by atoms with Gasteiger partial charge in [0.25, 0.3) is 0 Å². The Bertz CT molecular complexity index is 1910. The standard InChI is InChI=1S/C35H36ClF3N6O5/c1-18(34(47)48)40-14-28-33(50-3)44-31(30(41-28)35(37,38)39)42-26-13-11-22-21(6-4-7-23(22)26)24-8-5-9-25(29(24)36)27-12-10-19(32(43-27)49-2)15-45-16-20(46)17-45/h4-10,12,18,20,26,40,46H,11,13-17H2,1-3H3,(H,42,44)(H,47,48)/t18-,26-/m0/s1. The number of aliphatic carboxylic acids is 1. The monoisotopic (exact) mass is 712 g/mol. The number of β-amino-alcohol motifs (C(OH)–C–C–N with tert-alkyl or cyclic N) is 1. The van der Waals surface area contributed by atoms with Crippen LogP contribution in [-0.2, 0) is 30.5 Å². The van der Waals surface area contributed by atoms with Crippen LogP contribution in [0.3, 0.4) is 0 Å². The Hall–Kier alpha value is -4.50. The van der Waals surface area contributed by atoms with E-state index in [9.17, 15) is 23.1 Å². The van der Waals surface area contributed by atoms with Crippen LogP contribution in [-0.4, -0.2) is 75.5 Å². The molecule has 3 heterocycles. The molecule has 0 saturated carbocycles. The molecule has 2 aromatic heterocycles. The molecule has 1 aliphatic carbocycles. The minimum atomic E-state index is -4.85. The lowest BCUT2D eigenvalue weighted by Gasteiger charge is -2.35. The Morgan fingerprint density at radius 3 is 2.40 bits per heavy atom. The number of benzene rings is 2. The van der Waals surface area contributed by atoms with Crippen molar-refractivity contribution in [3.05, 3.63) is 81.6 Å². The van der Waals surface area contributed by atoms with Gasteiger partial charge in [-0.15, -0.1) is 0 Å². The summed E-state index contributed by atoms with van der Waals surface area (Å²) in [6, 6.07) is 13.6. The van der Waals surface area contributed by atoms with Crippen molar-refractivity contribution in [3.63, 3.8) is 0 Å². The van der Waals surface area contributed by atoms with Crippen molar-refractivity contribution in [1.82, 2.24) is 25.2 Å². The number of carboxylic acid groups (broad SMARTS) is 1. The Balaban J connectivity index is 1.29. The average molecular weight is 713 g/mol. The number of nitrogens with zero attached hydrogens (tertiary/aromatic N) is 4. The molecule has 50 heavy (non-hydrogen) atoms. The van der Waals surface area contributed by atoms with Gasteiger partial charge in [0.15, 0.2) is 11.5 Å². The number of aliphatic hydroxyl groups excluding tert-OH is 1. The van der Waals surface area contributed by atoms with E-state index in [-0.39, 0.29) is 24.2 Å². The number of methoxy groups -OCH3 is 2. The second kappa shape index (κ2) is 14.4. The number of alkyl halides is 3. The first-order valence-electron chi connectivity index (χ1n) is 16.0. The number of fused-ring (bicyclic) bond motifs is 1. The number of aromatic nitrogens is 3. The van der Waals surface area contributed by atoms with Gasteiger partial charge >= 0.3 is 12.1 Å². The molecule has 15 heteroatoms. The highest BCUT2D eigenvalue weighted by Crippen LogP contribution is 2.44. The summed E-state index contributed by atoms with van der Waals surface area (Å²) in [6.07, 6.45) is -4.11. The molecule has 2 aromatic carbocycles. The molecule has 1 saturated heterocycles. The number of likely N-dealkylation sites (tertiary alicyclic amines) is 1. The van der Waals surface area contributed by atoms with Gasteiger partial charge in [0.2, 0.25) is 11.8 Å². The number of nitrogens with one attached hydrogen (secondary N) is 2. The quantitative estimate of drug-likeness (QED) is 0.143. The van der Waals surface area contributed by atoms with Crippen molar-refractivity contribution in [2.75, 3.05) is 32.6 Å². The second-order valence-electron chi connectivity index (χ2n) is 12.3. The average Bonchev–Trinajstić information content (AvgIpc) is 3.49. The van der Waals surface area contributed by atoms with Crippen LogP contribution in [0, 0.1) is 0 Å². The zero-order chi connectivity index (χ0) is 35.7. The molecule has 1 fully saturated rings. The van der Waals surface area contributed by atoms with Crippen LogP contribution in [0.1, 0.15) is 47.5 Å². The third-order valence-electron chi connectivity index (χ3n) is 8.95. The first kappa shape index (κ1) is 35.3. The van der Waals surface area contributed by atoms with Crippen LogP contribution < -0.4 is 20.1 Å². The van der Waals surface area contributed by atoms with E-state index >= 15 is 0 Å². The van der Waals surface area contributed by atoms with Crippen LogP contribution in [0.2, 0.25) is 5.02 Å². The molecule has 2 atom stereocenters. The summed E-state index contributed by atoms with van der Waals surface area (Å²) in [4.78, 5) is 26.0. The number of hydrogen-bond donors (Lipinski definition) is 4. The molecule has 0 amide bonds. The summed E-state index contributed by atoms with van der Waals surface area (Å²) in [5.74, 6) is -1.33. The maximum absolute atomic E-state index is 14.3. The van der Waals surface area contributed by atoms with E-state index < -0.39 is 35.7 Å². The highest BCUT2D eigenvalue weighted by molar-refractivity contribution is 6.36. The van der Waals surface area contributed by atoms with Gasteiger partial charge in [-0.25, -0.2) is 9.97 Å². The molecule has 0 spiro atoms. The molecule has 0 radical (unpaired) electrons. The summed E-state index contributed by atoms with van der Waals surface area (Å²) in [5.41, 5.74) is 4.18. The minimum absolute atomic E-state index is 0.154. The van der Waals surface area contributed by atoms with Gasteiger partial charge in [-0.1, -0.05) is 54.1 Å². The lowest BCUT2D eigenvalue weighted by atomic mass is 9.94. The van der Waals surface area contributed by atoms with E-state index in [1.807, 2.05) is 48.5 Å². The highest BCUT2D eigenvalue weighted by Gasteiger charge is 2.39. The third-order valence-corrected chi connectivity index (χ3v) is 9.36. The van der Waals surface area contributed by atoms with Crippen LogP contribution >= 0.6 is 11.6 Å². The molecule has 2 aliphatic rings. The Labute approximate surface area is 291 Å². The summed E-state index contributed by atoms with van der Waals surface area (Å²) < 4.78 is 53.7. The summed E-state index contributed by atoms with van der Waals surface area (Å²) >= 11 is 7.07. The van der Waals surface area contributed by atoms with E-state index in [0.29, 0.717) is 54.6 Å². The number of ether oxygens (including phenoxy) is 2. The first-order valence-corrected chi connectivity index (χ1v) is 16.4. The smallest absolute Gasteiger partial charge is 0.437 e.